The molecule has 0 amide bonds. The summed E-state index contributed by atoms with van der Waals surface area (Å²) in [5.74, 6) is 0. The Hall–Kier alpha value is -0.610. The molecule has 0 fully saturated rings. The fourth-order valence-electron chi connectivity index (χ4n) is 1.73. The summed E-state index contributed by atoms with van der Waals surface area (Å²) < 4.78 is 0. The highest BCUT2D eigenvalue weighted by atomic mass is 80.9. The molecule has 0 saturated carbocycles. The number of aryl methyl sites for hydroxylation is 2. The first kappa shape index (κ1) is 13.5. The van der Waals surface area contributed by atoms with Gasteiger partial charge in [0, 0.05) is 39.2 Å². The number of halogens is 2. The summed E-state index contributed by atoms with van der Waals surface area (Å²) >= 11 is 5.50. The third-order valence-corrected chi connectivity index (χ3v) is 2.82. The molecule has 1 heterocycles. The number of H-pyrrole nitrogens is 1. The third-order valence-electron chi connectivity index (χ3n) is 2.82. The maximum Gasteiger partial charge on any atom is 0.251 e. The highest BCUT2D eigenvalue weighted by molar-refractivity contribution is 9.93. The van der Waals surface area contributed by atoms with Crippen LogP contribution >= 0.6 is 28.3 Å². The Bertz CT molecular complexity index is 561. The highest BCUT2D eigenvalue weighted by Crippen LogP contribution is 2.19. The number of hydrogen-bond donors (Lipinski definition) is 1. The fraction of sp³-hybridized carbons (Fsp3) is 0.250. The fourth-order valence-corrected chi connectivity index (χ4v) is 1.73. The van der Waals surface area contributed by atoms with Crippen LogP contribution in [-0.2, 0) is 0 Å². The summed E-state index contributed by atoms with van der Waals surface area (Å²) in [4.78, 5) is 14.5. The summed E-state index contributed by atoms with van der Waals surface area (Å²) in [6.45, 7) is 5.86. The summed E-state index contributed by atoms with van der Waals surface area (Å²) in [5, 5.41) is 1.14. The monoisotopic (exact) mass is 345 g/mol. The molecule has 2 aromatic rings. The smallest absolute Gasteiger partial charge is 0.251 e. The molecule has 0 aliphatic rings. The number of rotatable bonds is 0. The van der Waals surface area contributed by atoms with E-state index >= 15 is 0 Å². The van der Waals surface area contributed by atoms with Gasteiger partial charge in [0.25, 0.3) is 5.56 Å². The van der Waals surface area contributed by atoms with Crippen molar-refractivity contribution in [3.63, 3.8) is 0 Å². The van der Waals surface area contributed by atoms with E-state index in [4.69, 9.17) is 0 Å². The number of fused-ring (bicyclic) bond motifs is 1. The van der Waals surface area contributed by atoms with E-state index < -0.39 is 0 Å². The molecule has 0 bridgehead atoms. The van der Waals surface area contributed by atoms with Crippen molar-refractivity contribution in [1.29, 1.82) is 0 Å². The Labute approximate surface area is 110 Å². The van der Waals surface area contributed by atoms with Crippen LogP contribution in [0.25, 0.3) is 10.9 Å². The van der Waals surface area contributed by atoms with Gasteiger partial charge in [-0.15, -0.1) is 0 Å². The third kappa shape index (κ3) is 2.38. The van der Waals surface area contributed by atoms with Gasteiger partial charge in [-0.25, -0.2) is 0 Å². The molecule has 2 nitrogen and oxygen atoms in total. The lowest BCUT2D eigenvalue weighted by Crippen LogP contribution is -2.11. The largest absolute Gasteiger partial charge is 0.321 e. The van der Waals surface area contributed by atoms with Gasteiger partial charge >= 0.3 is 0 Å². The van der Waals surface area contributed by atoms with Crippen LogP contribution in [0.4, 0.5) is 0 Å². The van der Waals surface area contributed by atoms with Crippen LogP contribution < -0.4 is 5.56 Å². The van der Waals surface area contributed by atoms with Crippen LogP contribution in [0, 0.1) is 20.8 Å². The van der Waals surface area contributed by atoms with Crippen molar-refractivity contribution in [3.05, 3.63) is 45.2 Å². The molecule has 0 aliphatic carbocycles. The van der Waals surface area contributed by atoms with Gasteiger partial charge in [-0.1, -0.05) is 18.2 Å². The maximum atomic E-state index is 11.6. The van der Waals surface area contributed by atoms with Crippen molar-refractivity contribution in [2.45, 2.75) is 20.8 Å². The molecule has 86 valence electrons. The van der Waals surface area contributed by atoms with Gasteiger partial charge in [0.15, 0.2) is 0 Å². The first-order chi connectivity index (χ1) is 7.61. The lowest BCUT2D eigenvalue weighted by molar-refractivity contribution is 1.19. The molecule has 1 aromatic carbocycles. The molecule has 0 aliphatic heterocycles. The van der Waals surface area contributed by atoms with Crippen molar-refractivity contribution in [3.8, 4) is 0 Å². The first-order valence-corrected chi connectivity index (χ1v) is 8.56. The van der Waals surface area contributed by atoms with Gasteiger partial charge in [0.05, 0.1) is 5.52 Å². The van der Waals surface area contributed by atoms with Crippen LogP contribution in [-0.4, -0.2) is 4.98 Å². The van der Waals surface area contributed by atoms with E-state index in [0.29, 0.717) is 0 Å². The molecule has 4 heteroatoms. The van der Waals surface area contributed by atoms with Gasteiger partial charge in [-0.05, 0) is 31.9 Å². The normalized spacial score (nSPS) is 9.81. The standard InChI is InChI=1S/C12H13NO.Br2/c1-7-5-4-6-10-8(2)9(3)12(14)13-11(7)10;1-2/h4-6H,1-3H3,(H,13,14);. The minimum absolute atomic E-state index is 0.0179. The number of benzene rings is 1. The molecule has 0 atom stereocenters. The number of aromatic amines is 1. The first-order valence-electron chi connectivity index (χ1n) is 4.84. The number of pyridine rings is 1. The number of para-hydroxylation sites is 1. The van der Waals surface area contributed by atoms with Crippen LogP contribution in [0.2, 0.25) is 0 Å². The van der Waals surface area contributed by atoms with Crippen molar-refractivity contribution in [1.82, 2.24) is 4.98 Å². The molecule has 0 spiro atoms. The van der Waals surface area contributed by atoms with Crippen molar-refractivity contribution < 1.29 is 0 Å². The van der Waals surface area contributed by atoms with Gasteiger partial charge in [-0.3, -0.25) is 4.79 Å². The molecule has 16 heavy (non-hydrogen) atoms. The molecule has 0 unspecified atom stereocenters. The Morgan fingerprint density at radius 1 is 1.06 bits per heavy atom. The van der Waals surface area contributed by atoms with E-state index in [1.807, 2.05) is 39.0 Å². The average Bonchev–Trinajstić information content (AvgIpc) is 2.31. The van der Waals surface area contributed by atoms with Gasteiger partial charge in [0.1, 0.15) is 0 Å². The van der Waals surface area contributed by atoms with E-state index in [1.165, 1.54) is 0 Å². The quantitative estimate of drug-likeness (QED) is 0.763. The second-order valence-corrected chi connectivity index (χ2v) is 3.70. The SMILES string of the molecule is BrBr.Cc1c(C)c2cccc(C)c2[nH]c1=O. The molecular formula is C12H13Br2NO. The highest BCUT2D eigenvalue weighted by Gasteiger charge is 2.05. The minimum atomic E-state index is 0.0179. The average molecular weight is 347 g/mol. The Kier molecular flexibility index (Phi) is 4.74. The summed E-state index contributed by atoms with van der Waals surface area (Å²) in [6.07, 6.45) is 0. The molecule has 1 N–H and O–H groups in total. The molecule has 0 radical (unpaired) electrons. The molecule has 2 rings (SSSR count). The Morgan fingerprint density at radius 3 is 2.31 bits per heavy atom. The van der Waals surface area contributed by atoms with Crippen molar-refractivity contribution in [2.75, 3.05) is 0 Å². The van der Waals surface area contributed by atoms with Crippen LogP contribution in [0.5, 0.6) is 0 Å². The second-order valence-electron chi connectivity index (χ2n) is 3.70. The molecular weight excluding hydrogens is 334 g/mol. The Balaban J connectivity index is 0.000000606. The zero-order valence-electron chi connectivity index (χ0n) is 9.40. The van der Waals surface area contributed by atoms with Gasteiger partial charge < -0.3 is 4.98 Å². The summed E-state index contributed by atoms with van der Waals surface area (Å²) in [5.41, 5.74) is 3.98. The molecule has 1 aromatic heterocycles. The zero-order valence-corrected chi connectivity index (χ0v) is 12.6. The maximum absolute atomic E-state index is 11.6. The number of aromatic nitrogens is 1. The predicted molar refractivity (Wildman–Crippen MR) is 76.6 cm³/mol. The summed E-state index contributed by atoms with van der Waals surface area (Å²) in [7, 11) is 0. The topological polar surface area (TPSA) is 32.9 Å². The van der Waals surface area contributed by atoms with Gasteiger partial charge in [0.2, 0.25) is 0 Å². The van der Waals surface area contributed by atoms with Crippen molar-refractivity contribution in [2.24, 2.45) is 0 Å². The van der Waals surface area contributed by atoms with Crippen LogP contribution in [0.1, 0.15) is 16.7 Å². The van der Waals surface area contributed by atoms with E-state index in [9.17, 15) is 4.79 Å². The van der Waals surface area contributed by atoms with E-state index in [1.54, 1.807) is 0 Å². The minimum Gasteiger partial charge on any atom is -0.321 e. The van der Waals surface area contributed by atoms with Crippen LogP contribution in [0.15, 0.2) is 23.0 Å². The lowest BCUT2D eigenvalue weighted by atomic mass is 10.0. The van der Waals surface area contributed by atoms with E-state index in [0.717, 1.165) is 27.6 Å². The second kappa shape index (κ2) is 5.64. The van der Waals surface area contributed by atoms with E-state index in [2.05, 4.69) is 33.2 Å². The van der Waals surface area contributed by atoms with E-state index in [-0.39, 0.29) is 5.56 Å². The van der Waals surface area contributed by atoms with Gasteiger partial charge in [-0.2, -0.15) is 0 Å². The lowest BCUT2D eigenvalue weighted by Gasteiger charge is -2.06. The zero-order chi connectivity index (χ0) is 12.3. The van der Waals surface area contributed by atoms with Crippen LogP contribution in [0.3, 0.4) is 0 Å². The number of hydrogen-bond acceptors (Lipinski definition) is 1. The summed E-state index contributed by atoms with van der Waals surface area (Å²) in [6, 6.07) is 6.07. The Morgan fingerprint density at radius 2 is 1.69 bits per heavy atom. The van der Waals surface area contributed by atoms with Crippen molar-refractivity contribution >= 4 is 39.2 Å². The predicted octanol–water partition coefficient (Wildman–Crippen LogP) is 4.14. The number of nitrogens with one attached hydrogen (secondary N) is 1. The molecule has 0 saturated heterocycles.